The van der Waals surface area contributed by atoms with Crippen LogP contribution in [-0.2, 0) is 4.79 Å². The normalized spacial score (nSPS) is 11.7. The molecule has 0 aromatic heterocycles. The van der Waals surface area contributed by atoms with Crippen molar-refractivity contribution in [3.05, 3.63) is 54.1 Å². The van der Waals surface area contributed by atoms with Gasteiger partial charge in [-0.25, -0.2) is 4.79 Å². The Balaban J connectivity index is 2.23. The number of aliphatic carboxylic acids is 1. The SMILES string of the molecule is COc1ccc(NC(C(=O)O)c2cccc(O)c2)cc1. The first-order valence-corrected chi connectivity index (χ1v) is 6.02. The Bertz CT molecular complexity index is 595. The summed E-state index contributed by atoms with van der Waals surface area (Å²) in [5.74, 6) is -0.295. The fourth-order valence-corrected chi connectivity index (χ4v) is 1.85. The van der Waals surface area contributed by atoms with Crippen LogP contribution in [0, 0.1) is 0 Å². The molecule has 0 heterocycles. The third-order valence-corrected chi connectivity index (χ3v) is 2.85. The number of benzene rings is 2. The molecule has 1 unspecified atom stereocenters. The summed E-state index contributed by atoms with van der Waals surface area (Å²) in [6.45, 7) is 0. The van der Waals surface area contributed by atoms with E-state index >= 15 is 0 Å². The minimum absolute atomic E-state index is 0.0327. The second-order valence-corrected chi connectivity index (χ2v) is 4.24. The van der Waals surface area contributed by atoms with E-state index in [4.69, 9.17) is 4.74 Å². The van der Waals surface area contributed by atoms with Crippen LogP contribution in [0.4, 0.5) is 5.69 Å². The maximum atomic E-state index is 11.4. The fraction of sp³-hybridized carbons (Fsp3) is 0.133. The van der Waals surface area contributed by atoms with E-state index in [-0.39, 0.29) is 5.75 Å². The summed E-state index contributed by atoms with van der Waals surface area (Å²) >= 11 is 0. The second kappa shape index (κ2) is 5.97. The number of nitrogens with one attached hydrogen (secondary N) is 1. The van der Waals surface area contributed by atoms with Gasteiger partial charge in [0.25, 0.3) is 0 Å². The van der Waals surface area contributed by atoms with Crippen LogP contribution in [-0.4, -0.2) is 23.3 Å². The maximum Gasteiger partial charge on any atom is 0.330 e. The predicted molar refractivity (Wildman–Crippen MR) is 75.1 cm³/mol. The van der Waals surface area contributed by atoms with Gasteiger partial charge in [0.1, 0.15) is 11.5 Å². The molecule has 0 aliphatic heterocycles. The number of phenolic OH excluding ortho intramolecular Hbond substituents is 1. The van der Waals surface area contributed by atoms with E-state index in [9.17, 15) is 15.0 Å². The van der Waals surface area contributed by atoms with Gasteiger partial charge >= 0.3 is 5.97 Å². The van der Waals surface area contributed by atoms with Gasteiger partial charge in [-0.2, -0.15) is 0 Å². The van der Waals surface area contributed by atoms with Gasteiger partial charge in [0.15, 0.2) is 6.04 Å². The van der Waals surface area contributed by atoms with Crippen LogP contribution >= 0.6 is 0 Å². The molecule has 0 aliphatic carbocycles. The lowest BCUT2D eigenvalue weighted by atomic mass is 10.1. The molecule has 20 heavy (non-hydrogen) atoms. The summed E-state index contributed by atoms with van der Waals surface area (Å²) in [6, 6.07) is 12.2. The van der Waals surface area contributed by atoms with Crippen molar-refractivity contribution in [1.82, 2.24) is 0 Å². The molecule has 0 spiro atoms. The average molecular weight is 273 g/mol. The Kier molecular flexibility index (Phi) is 4.10. The predicted octanol–water partition coefficient (Wildman–Crippen LogP) is 2.64. The number of rotatable bonds is 5. The number of anilines is 1. The van der Waals surface area contributed by atoms with Gasteiger partial charge in [0.2, 0.25) is 0 Å². The van der Waals surface area contributed by atoms with E-state index in [0.29, 0.717) is 17.0 Å². The van der Waals surface area contributed by atoms with Crippen molar-refractivity contribution < 1.29 is 19.7 Å². The molecule has 5 nitrogen and oxygen atoms in total. The summed E-state index contributed by atoms with van der Waals surface area (Å²) in [5.41, 5.74) is 1.13. The van der Waals surface area contributed by atoms with Gasteiger partial charge in [-0.1, -0.05) is 12.1 Å². The van der Waals surface area contributed by atoms with Crippen molar-refractivity contribution in [2.24, 2.45) is 0 Å². The minimum atomic E-state index is -1.02. The lowest BCUT2D eigenvalue weighted by molar-refractivity contribution is -0.138. The third-order valence-electron chi connectivity index (χ3n) is 2.85. The molecule has 0 radical (unpaired) electrons. The van der Waals surface area contributed by atoms with Gasteiger partial charge in [-0.15, -0.1) is 0 Å². The topological polar surface area (TPSA) is 78.8 Å². The van der Waals surface area contributed by atoms with Gasteiger partial charge in [-0.3, -0.25) is 0 Å². The second-order valence-electron chi connectivity index (χ2n) is 4.24. The van der Waals surface area contributed by atoms with Gasteiger partial charge in [0.05, 0.1) is 7.11 Å². The molecule has 2 rings (SSSR count). The van der Waals surface area contributed by atoms with Gasteiger partial charge in [0, 0.05) is 5.69 Å². The van der Waals surface area contributed by atoms with Crippen LogP contribution in [0.15, 0.2) is 48.5 Å². The number of hydrogen-bond acceptors (Lipinski definition) is 4. The number of hydrogen-bond donors (Lipinski definition) is 3. The Morgan fingerprint density at radius 2 is 1.90 bits per heavy atom. The number of aromatic hydroxyl groups is 1. The molecular formula is C15H15NO4. The molecule has 0 amide bonds. The standard InChI is InChI=1S/C15H15NO4/c1-20-13-7-5-11(6-8-13)16-14(15(18)19)10-3-2-4-12(17)9-10/h2-9,14,16-17H,1H3,(H,18,19). The van der Waals surface area contributed by atoms with E-state index in [2.05, 4.69) is 5.32 Å². The molecule has 0 bridgehead atoms. The molecule has 2 aromatic rings. The number of ether oxygens (including phenoxy) is 1. The number of methoxy groups -OCH3 is 1. The van der Waals surface area contributed by atoms with Crippen molar-refractivity contribution in [2.75, 3.05) is 12.4 Å². The highest BCUT2D eigenvalue weighted by molar-refractivity contribution is 5.79. The smallest absolute Gasteiger partial charge is 0.330 e. The molecule has 104 valence electrons. The van der Waals surface area contributed by atoms with E-state index in [1.807, 2.05) is 0 Å². The van der Waals surface area contributed by atoms with Crippen LogP contribution < -0.4 is 10.1 Å². The molecule has 0 saturated carbocycles. The van der Waals surface area contributed by atoms with Crippen LogP contribution in [0.1, 0.15) is 11.6 Å². The molecule has 2 aromatic carbocycles. The molecular weight excluding hydrogens is 258 g/mol. The van der Waals surface area contributed by atoms with Gasteiger partial charge < -0.3 is 20.3 Å². The van der Waals surface area contributed by atoms with Crippen molar-refractivity contribution in [2.45, 2.75) is 6.04 Å². The fourth-order valence-electron chi connectivity index (χ4n) is 1.85. The number of carboxylic acid groups (broad SMARTS) is 1. The quantitative estimate of drug-likeness (QED) is 0.780. The zero-order chi connectivity index (χ0) is 14.5. The van der Waals surface area contributed by atoms with E-state index in [1.54, 1.807) is 43.5 Å². The first-order valence-electron chi connectivity index (χ1n) is 6.02. The van der Waals surface area contributed by atoms with Crippen molar-refractivity contribution in [1.29, 1.82) is 0 Å². The number of carbonyl (C=O) groups is 1. The van der Waals surface area contributed by atoms with Crippen LogP contribution in [0.3, 0.4) is 0 Å². The molecule has 0 aliphatic rings. The highest BCUT2D eigenvalue weighted by Crippen LogP contribution is 2.24. The zero-order valence-electron chi connectivity index (χ0n) is 10.9. The highest BCUT2D eigenvalue weighted by atomic mass is 16.5. The van der Waals surface area contributed by atoms with Crippen molar-refractivity contribution in [3.8, 4) is 11.5 Å². The Morgan fingerprint density at radius 3 is 2.45 bits per heavy atom. The van der Waals surface area contributed by atoms with Crippen LogP contribution in [0.2, 0.25) is 0 Å². The Morgan fingerprint density at radius 1 is 1.20 bits per heavy atom. The first-order chi connectivity index (χ1) is 9.60. The first kappa shape index (κ1) is 13.7. The van der Waals surface area contributed by atoms with Crippen molar-refractivity contribution >= 4 is 11.7 Å². The highest BCUT2D eigenvalue weighted by Gasteiger charge is 2.19. The lowest BCUT2D eigenvalue weighted by Gasteiger charge is -2.16. The summed E-state index contributed by atoms with van der Waals surface area (Å²) < 4.78 is 5.04. The van der Waals surface area contributed by atoms with Gasteiger partial charge in [-0.05, 0) is 42.0 Å². The monoisotopic (exact) mass is 273 g/mol. The van der Waals surface area contributed by atoms with Crippen LogP contribution in [0.25, 0.3) is 0 Å². The summed E-state index contributed by atoms with van der Waals surface area (Å²) in [7, 11) is 1.56. The largest absolute Gasteiger partial charge is 0.508 e. The number of phenols is 1. The number of carboxylic acids is 1. The third kappa shape index (κ3) is 3.20. The van der Waals surface area contributed by atoms with Crippen LogP contribution in [0.5, 0.6) is 11.5 Å². The maximum absolute atomic E-state index is 11.4. The molecule has 0 fully saturated rings. The zero-order valence-corrected chi connectivity index (χ0v) is 10.9. The Labute approximate surface area is 116 Å². The summed E-state index contributed by atoms with van der Waals surface area (Å²) in [6.07, 6.45) is 0. The van der Waals surface area contributed by atoms with E-state index < -0.39 is 12.0 Å². The Hall–Kier alpha value is -2.69. The van der Waals surface area contributed by atoms with E-state index in [1.165, 1.54) is 12.1 Å². The van der Waals surface area contributed by atoms with Crippen molar-refractivity contribution in [3.63, 3.8) is 0 Å². The average Bonchev–Trinajstić information content (AvgIpc) is 2.45. The molecule has 0 saturated heterocycles. The summed E-state index contributed by atoms with van der Waals surface area (Å²) in [5, 5.41) is 21.7. The molecule has 5 heteroatoms. The minimum Gasteiger partial charge on any atom is -0.508 e. The van der Waals surface area contributed by atoms with E-state index in [0.717, 1.165) is 0 Å². The molecule has 1 atom stereocenters. The summed E-state index contributed by atoms with van der Waals surface area (Å²) in [4.78, 5) is 11.4. The lowest BCUT2D eigenvalue weighted by Crippen LogP contribution is -2.20. The molecule has 3 N–H and O–H groups in total.